The number of nitrogens with one attached hydrogen (secondary N) is 1. The summed E-state index contributed by atoms with van der Waals surface area (Å²) in [6.07, 6.45) is 5.84. The summed E-state index contributed by atoms with van der Waals surface area (Å²) in [5.41, 5.74) is 3.83. The van der Waals surface area contributed by atoms with E-state index in [1.807, 2.05) is 12.4 Å². The molecule has 0 bridgehead atoms. The fraction of sp³-hybridized carbons (Fsp3) is 0.389. The Hall–Kier alpha value is -2.07. The minimum Gasteiger partial charge on any atom is -0.490 e. The predicted molar refractivity (Wildman–Crippen MR) is 89.6 cm³/mol. The third-order valence-corrected chi connectivity index (χ3v) is 4.03. The van der Waals surface area contributed by atoms with Crippen molar-refractivity contribution in [3.63, 3.8) is 0 Å². The summed E-state index contributed by atoms with van der Waals surface area (Å²) < 4.78 is 5.61. The summed E-state index contributed by atoms with van der Waals surface area (Å²) in [7, 11) is 2.18. The van der Waals surface area contributed by atoms with Crippen molar-refractivity contribution in [1.29, 1.82) is 0 Å². The fourth-order valence-electron chi connectivity index (χ4n) is 2.64. The van der Waals surface area contributed by atoms with Gasteiger partial charge >= 0.3 is 0 Å². The van der Waals surface area contributed by atoms with Crippen LogP contribution in [-0.4, -0.2) is 43.2 Å². The van der Waals surface area contributed by atoms with E-state index >= 15 is 0 Å². The van der Waals surface area contributed by atoms with Crippen molar-refractivity contribution in [3.8, 4) is 5.75 Å². The fourth-order valence-corrected chi connectivity index (χ4v) is 2.64. The first-order valence-electron chi connectivity index (χ1n) is 7.88. The molecule has 1 N–H and O–H groups in total. The second-order valence-corrected chi connectivity index (χ2v) is 5.76. The van der Waals surface area contributed by atoms with E-state index in [1.54, 1.807) is 0 Å². The van der Waals surface area contributed by atoms with Crippen molar-refractivity contribution in [3.05, 3.63) is 53.9 Å². The molecule has 1 aliphatic rings. The lowest BCUT2D eigenvalue weighted by atomic mass is 10.1. The highest BCUT2D eigenvalue weighted by atomic mass is 16.5. The third-order valence-electron chi connectivity index (χ3n) is 4.03. The van der Waals surface area contributed by atoms with E-state index in [-0.39, 0.29) is 0 Å². The standard InChI is InChI=1S/C18H23N3O/c1-21(11-6-15-4-8-19-9-5-15)12-7-16-2-3-18-17(14-16)20-10-13-22-18/h2-5,8-9,14,20H,6-7,10-13H2,1H3. The number of anilines is 1. The van der Waals surface area contributed by atoms with Crippen molar-refractivity contribution in [2.45, 2.75) is 12.8 Å². The van der Waals surface area contributed by atoms with Crippen LogP contribution in [0.15, 0.2) is 42.7 Å². The van der Waals surface area contributed by atoms with Crippen LogP contribution in [-0.2, 0) is 12.8 Å². The van der Waals surface area contributed by atoms with Crippen molar-refractivity contribution < 1.29 is 4.74 Å². The molecule has 0 atom stereocenters. The van der Waals surface area contributed by atoms with Gasteiger partial charge in [0.1, 0.15) is 12.4 Å². The normalized spacial score (nSPS) is 13.4. The van der Waals surface area contributed by atoms with Gasteiger partial charge < -0.3 is 15.0 Å². The molecular weight excluding hydrogens is 274 g/mol. The molecule has 0 saturated carbocycles. The van der Waals surface area contributed by atoms with Crippen LogP contribution in [0.25, 0.3) is 0 Å². The van der Waals surface area contributed by atoms with Gasteiger partial charge in [-0.05, 0) is 55.3 Å². The lowest BCUT2D eigenvalue weighted by Crippen LogP contribution is -2.24. The molecule has 0 radical (unpaired) electrons. The van der Waals surface area contributed by atoms with Gasteiger partial charge in [0.05, 0.1) is 5.69 Å². The summed E-state index contributed by atoms with van der Waals surface area (Å²) in [4.78, 5) is 6.43. The van der Waals surface area contributed by atoms with Gasteiger partial charge in [0.15, 0.2) is 0 Å². The molecule has 2 aromatic rings. The highest BCUT2D eigenvalue weighted by Crippen LogP contribution is 2.28. The van der Waals surface area contributed by atoms with E-state index in [4.69, 9.17) is 4.74 Å². The van der Waals surface area contributed by atoms with Gasteiger partial charge in [-0.1, -0.05) is 6.07 Å². The summed E-state index contributed by atoms with van der Waals surface area (Å²) in [6, 6.07) is 10.6. The van der Waals surface area contributed by atoms with E-state index in [0.29, 0.717) is 0 Å². The van der Waals surface area contributed by atoms with Crippen LogP contribution < -0.4 is 10.1 Å². The van der Waals surface area contributed by atoms with E-state index in [9.17, 15) is 0 Å². The Bertz CT molecular complexity index is 601. The van der Waals surface area contributed by atoms with Crippen molar-refractivity contribution >= 4 is 5.69 Å². The molecule has 0 fully saturated rings. The van der Waals surface area contributed by atoms with Crippen LogP contribution in [0.2, 0.25) is 0 Å². The van der Waals surface area contributed by atoms with Crippen LogP contribution >= 0.6 is 0 Å². The number of pyridine rings is 1. The zero-order chi connectivity index (χ0) is 15.2. The molecule has 0 unspecified atom stereocenters. The average molecular weight is 297 g/mol. The number of fused-ring (bicyclic) bond motifs is 1. The minimum atomic E-state index is 0.754. The number of aromatic nitrogens is 1. The number of hydrogen-bond acceptors (Lipinski definition) is 4. The molecule has 0 spiro atoms. The molecule has 1 aliphatic heterocycles. The minimum absolute atomic E-state index is 0.754. The van der Waals surface area contributed by atoms with Gasteiger partial charge in [-0.3, -0.25) is 4.98 Å². The maximum Gasteiger partial charge on any atom is 0.142 e. The smallest absolute Gasteiger partial charge is 0.142 e. The average Bonchev–Trinajstić information content (AvgIpc) is 2.59. The Labute approximate surface area is 132 Å². The Morgan fingerprint density at radius 1 is 1.09 bits per heavy atom. The number of ether oxygens (including phenoxy) is 1. The first kappa shape index (κ1) is 14.9. The van der Waals surface area contributed by atoms with Crippen molar-refractivity contribution in [1.82, 2.24) is 9.88 Å². The molecule has 0 saturated heterocycles. The predicted octanol–water partition coefficient (Wildman–Crippen LogP) is 2.60. The quantitative estimate of drug-likeness (QED) is 0.889. The zero-order valence-corrected chi connectivity index (χ0v) is 13.1. The number of benzene rings is 1. The first-order chi connectivity index (χ1) is 10.8. The van der Waals surface area contributed by atoms with Crippen LogP contribution in [0.5, 0.6) is 5.75 Å². The van der Waals surface area contributed by atoms with Crippen LogP contribution in [0.3, 0.4) is 0 Å². The molecular formula is C18H23N3O. The Morgan fingerprint density at radius 3 is 2.68 bits per heavy atom. The zero-order valence-electron chi connectivity index (χ0n) is 13.1. The molecule has 3 rings (SSSR count). The second-order valence-electron chi connectivity index (χ2n) is 5.76. The number of rotatable bonds is 6. The molecule has 0 amide bonds. The van der Waals surface area contributed by atoms with Crippen molar-refractivity contribution in [2.75, 3.05) is 38.6 Å². The topological polar surface area (TPSA) is 37.4 Å². The highest BCUT2D eigenvalue weighted by molar-refractivity contribution is 5.59. The van der Waals surface area contributed by atoms with E-state index in [1.165, 1.54) is 11.1 Å². The third kappa shape index (κ3) is 3.98. The Balaban J connectivity index is 1.47. The molecule has 2 heterocycles. The van der Waals surface area contributed by atoms with Crippen LogP contribution in [0.4, 0.5) is 5.69 Å². The van der Waals surface area contributed by atoms with Gasteiger partial charge in [0.25, 0.3) is 0 Å². The highest BCUT2D eigenvalue weighted by Gasteiger charge is 2.10. The number of nitrogens with zero attached hydrogens (tertiary/aromatic N) is 2. The lowest BCUT2D eigenvalue weighted by Gasteiger charge is -2.21. The Kier molecular flexibility index (Phi) is 4.91. The molecule has 22 heavy (non-hydrogen) atoms. The first-order valence-corrected chi connectivity index (χ1v) is 7.88. The molecule has 1 aromatic carbocycles. The Morgan fingerprint density at radius 2 is 1.86 bits per heavy atom. The van der Waals surface area contributed by atoms with Gasteiger partial charge in [0, 0.05) is 32.0 Å². The molecule has 4 heteroatoms. The second kappa shape index (κ2) is 7.27. The summed E-state index contributed by atoms with van der Waals surface area (Å²) in [5.74, 6) is 0.973. The lowest BCUT2D eigenvalue weighted by molar-refractivity contribution is 0.323. The van der Waals surface area contributed by atoms with Gasteiger partial charge in [-0.15, -0.1) is 0 Å². The largest absolute Gasteiger partial charge is 0.490 e. The molecule has 1 aromatic heterocycles. The summed E-state index contributed by atoms with van der Waals surface area (Å²) >= 11 is 0. The molecule has 4 nitrogen and oxygen atoms in total. The van der Waals surface area contributed by atoms with Gasteiger partial charge in [0.2, 0.25) is 0 Å². The molecule has 116 valence electrons. The van der Waals surface area contributed by atoms with Crippen LogP contribution in [0, 0.1) is 0 Å². The monoisotopic (exact) mass is 297 g/mol. The summed E-state index contributed by atoms with van der Waals surface area (Å²) in [6.45, 7) is 3.77. The summed E-state index contributed by atoms with van der Waals surface area (Å²) in [5, 5.41) is 3.39. The van der Waals surface area contributed by atoms with Gasteiger partial charge in [-0.2, -0.15) is 0 Å². The van der Waals surface area contributed by atoms with E-state index < -0.39 is 0 Å². The van der Waals surface area contributed by atoms with E-state index in [0.717, 1.165) is 50.5 Å². The maximum atomic E-state index is 5.61. The molecule has 0 aliphatic carbocycles. The SMILES string of the molecule is CN(CCc1ccncc1)CCc1ccc2c(c1)NCCO2. The van der Waals surface area contributed by atoms with Gasteiger partial charge in [-0.25, -0.2) is 0 Å². The number of hydrogen-bond donors (Lipinski definition) is 1. The van der Waals surface area contributed by atoms with Crippen molar-refractivity contribution in [2.24, 2.45) is 0 Å². The number of likely N-dealkylation sites (N-methyl/N-ethyl adjacent to an activating group) is 1. The van der Waals surface area contributed by atoms with Crippen LogP contribution in [0.1, 0.15) is 11.1 Å². The van der Waals surface area contributed by atoms with E-state index in [2.05, 4.69) is 52.6 Å². The maximum absolute atomic E-state index is 5.61.